The maximum absolute atomic E-state index is 12.3. The van der Waals surface area contributed by atoms with Crippen LogP contribution in [0.1, 0.15) is 12.8 Å². The van der Waals surface area contributed by atoms with Gasteiger partial charge in [0.05, 0.1) is 12.8 Å². The van der Waals surface area contributed by atoms with Crippen molar-refractivity contribution >= 4 is 17.9 Å². The summed E-state index contributed by atoms with van der Waals surface area (Å²) in [6, 6.07) is 8.42. The number of hydrogen-bond acceptors (Lipinski definition) is 5. The lowest BCUT2D eigenvalue weighted by Crippen LogP contribution is -2.50. The van der Waals surface area contributed by atoms with Gasteiger partial charge in [-0.3, -0.25) is 5.32 Å². The molecule has 2 aromatic rings. The molecular formula is C18H21N5O4. The summed E-state index contributed by atoms with van der Waals surface area (Å²) in [5.74, 6) is 1.01. The Balaban J connectivity index is 1.66. The number of amides is 3. The van der Waals surface area contributed by atoms with Gasteiger partial charge in [0, 0.05) is 30.8 Å². The number of piperidine rings is 1. The van der Waals surface area contributed by atoms with Crippen molar-refractivity contribution in [1.29, 1.82) is 0 Å². The van der Waals surface area contributed by atoms with E-state index in [2.05, 4.69) is 20.6 Å². The quantitative estimate of drug-likeness (QED) is 0.760. The summed E-state index contributed by atoms with van der Waals surface area (Å²) in [7, 11) is 1.58. The molecule has 1 aromatic carbocycles. The normalized spacial score (nSPS) is 16.5. The van der Waals surface area contributed by atoms with E-state index in [1.165, 1.54) is 11.2 Å². The first-order chi connectivity index (χ1) is 13.1. The Bertz CT molecular complexity index is 829. The Morgan fingerprint density at radius 3 is 2.89 bits per heavy atom. The zero-order valence-corrected chi connectivity index (χ0v) is 14.9. The van der Waals surface area contributed by atoms with E-state index >= 15 is 0 Å². The van der Waals surface area contributed by atoms with E-state index in [1.54, 1.807) is 13.2 Å². The lowest BCUT2D eigenvalue weighted by atomic mass is 10.1. The number of para-hydroxylation sites is 1. The molecule has 142 valence electrons. The number of nitrogens with one attached hydrogen (secondary N) is 2. The van der Waals surface area contributed by atoms with E-state index in [0.29, 0.717) is 30.2 Å². The van der Waals surface area contributed by atoms with Gasteiger partial charge >= 0.3 is 12.1 Å². The van der Waals surface area contributed by atoms with Crippen LogP contribution in [0.2, 0.25) is 0 Å². The third kappa shape index (κ3) is 4.63. The average Bonchev–Trinajstić information content (AvgIpc) is 2.68. The highest BCUT2D eigenvalue weighted by molar-refractivity contribution is 5.89. The molecular weight excluding hydrogens is 350 g/mol. The van der Waals surface area contributed by atoms with Crippen LogP contribution in [0.5, 0.6) is 5.75 Å². The first-order valence-electron chi connectivity index (χ1n) is 8.57. The lowest BCUT2D eigenvalue weighted by Gasteiger charge is -2.31. The van der Waals surface area contributed by atoms with Crippen molar-refractivity contribution in [3.63, 3.8) is 0 Å². The van der Waals surface area contributed by atoms with E-state index in [0.717, 1.165) is 12.0 Å². The molecule has 3 N–H and O–H groups in total. The molecule has 0 bridgehead atoms. The van der Waals surface area contributed by atoms with Crippen molar-refractivity contribution in [1.82, 2.24) is 20.2 Å². The lowest BCUT2D eigenvalue weighted by molar-refractivity contribution is 0.127. The number of ether oxygens (including phenoxy) is 1. The topological polar surface area (TPSA) is 117 Å². The second-order valence-corrected chi connectivity index (χ2v) is 6.15. The molecule has 1 fully saturated rings. The number of carbonyl (C=O) groups excluding carboxylic acids is 1. The van der Waals surface area contributed by atoms with Crippen LogP contribution in [-0.4, -0.2) is 58.3 Å². The van der Waals surface area contributed by atoms with Gasteiger partial charge in [0.15, 0.2) is 0 Å². The average molecular weight is 371 g/mol. The number of rotatable bonds is 4. The molecule has 1 saturated heterocycles. The third-order valence-electron chi connectivity index (χ3n) is 4.32. The van der Waals surface area contributed by atoms with Gasteiger partial charge in [-0.15, -0.1) is 0 Å². The molecule has 1 aromatic heterocycles. The molecule has 27 heavy (non-hydrogen) atoms. The summed E-state index contributed by atoms with van der Waals surface area (Å²) in [6.07, 6.45) is 1.83. The minimum absolute atomic E-state index is 0.231. The zero-order chi connectivity index (χ0) is 19.2. The first-order valence-corrected chi connectivity index (χ1v) is 8.57. The van der Waals surface area contributed by atoms with Gasteiger partial charge in [0.1, 0.15) is 17.9 Å². The summed E-state index contributed by atoms with van der Waals surface area (Å²) in [6.45, 7) is 0.766. The number of likely N-dealkylation sites (tertiary alicyclic amines) is 1. The highest BCUT2D eigenvalue weighted by atomic mass is 16.5. The fourth-order valence-electron chi connectivity index (χ4n) is 3.04. The molecule has 3 amide bonds. The highest BCUT2D eigenvalue weighted by Crippen LogP contribution is 2.28. The fourth-order valence-corrected chi connectivity index (χ4v) is 3.04. The molecule has 0 aliphatic carbocycles. The summed E-state index contributed by atoms with van der Waals surface area (Å²) < 4.78 is 5.34. The van der Waals surface area contributed by atoms with Gasteiger partial charge in [-0.05, 0) is 25.0 Å². The van der Waals surface area contributed by atoms with Crippen LogP contribution in [0.3, 0.4) is 0 Å². The molecule has 0 radical (unpaired) electrons. The van der Waals surface area contributed by atoms with E-state index < -0.39 is 12.1 Å². The molecule has 0 saturated carbocycles. The van der Waals surface area contributed by atoms with Gasteiger partial charge in [0.25, 0.3) is 0 Å². The summed E-state index contributed by atoms with van der Waals surface area (Å²) >= 11 is 0. The van der Waals surface area contributed by atoms with E-state index in [-0.39, 0.29) is 12.6 Å². The first kappa shape index (κ1) is 18.4. The second-order valence-electron chi connectivity index (χ2n) is 6.15. The van der Waals surface area contributed by atoms with Crippen molar-refractivity contribution in [3.05, 3.63) is 36.7 Å². The summed E-state index contributed by atoms with van der Waals surface area (Å²) in [4.78, 5) is 32.9. The minimum Gasteiger partial charge on any atom is -0.496 e. The molecule has 3 rings (SSSR count). The predicted octanol–water partition coefficient (Wildman–Crippen LogP) is 2.42. The Morgan fingerprint density at radius 1 is 1.30 bits per heavy atom. The number of carboxylic acid groups (broad SMARTS) is 1. The number of hydrogen-bond donors (Lipinski definition) is 3. The molecule has 1 aliphatic rings. The minimum atomic E-state index is -0.973. The van der Waals surface area contributed by atoms with Crippen LogP contribution >= 0.6 is 0 Å². The number of urea groups is 1. The van der Waals surface area contributed by atoms with Crippen molar-refractivity contribution in [2.45, 2.75) is 18.9 Å². The number of carbonyl (C=O) groups is 2. The van der Waals surface area contributed by atoms with Crippen LogP contribution in [0.4, 0.5) is 15.4 Å². The Kier molecular flexibility index (Phi) is 5.70. The van der Waals surface area contributed by atoms with Gasteiger partial charge in [-0.1, -0.05) is 12.1 Å². The van der Waals surface area contributed by atoms with Crippen LogP contribution in [0, 0.1) is 0 Å². The molecule has 1 aliphatic heterocycles. The van der Waals surface area contributed by atoms with Gasteiger partial charge in [-0.25, -0.2) is 19.6 Å². The van der Waals surface area contributed by atoms with Crippen molar-refractivity contribution < 1.29 is 19.4 Å². The number of benzene rings is 1. The third-order valence-corrected chi connectivity index (χ3v) is 4.32. The maximum Gasteiger partial charge on any atom is 0.407 e. The van der Waals surface area contributed by atoms with Crippen LogP contribution in [0.15, 0.2) is 36.7 Å². The largest absolute Gasteiger partial charge is 0.496 e. The van der Waals surface area contributed by atoms with Crippen LogP contribution < -0.4 is 15.4 Å². The SMILES string of the molecule is COc1ccccc1-c1cc(NC(=O)NC2CCCN(C(=O)O)C2)ncn1. The molecule has 0 spiro atoms. The second kappa shape index (κ2) is 8.35. The molecule has 9 heteroatoms. The van der Waals surface area contributed by atoms with Crippen molar-refractivity contribution in [2.24, 2.45) is 0 Å². The zero-order valence-electron chi connectivity index (χ0n) is 14.9. The predicted molar refractivity (Wildman–Crippen MR) is 98.8 cm³/mol. The smallest absolute Gasteiger partial charge is 0.407 e. The summed E-state index contributed by atoms with van der Waals surface area (Å²) in [5.41, 5.74) is 1.41. The Morgan fingerprint density at radius 2 is 2.11 bits per heavy atom. The highest BCUT2D eigenvalue weighted by Gasteiger charge is 2.24. The van der Waals surface area contributed by atoms with E-state index in [4.69, 9.17) is 9.84 Å². The van der Waals surface area contributed by atoms with E-state index in [1.807, 2.05) is 24.3 Å². The summed E-state index contributed by atoms with van der Waals surface area (Å²) in [5, 5.41) is 14.5. The Hall–Kier alpha value is -3.36. The number of methoxy groups -OCH3 is 1. The number of anilines is 1. The monoisotopic (exact) mass is 371 g/mol. The molecule has 1 unspecified atom stereocenters. The van der Waals surface area contributed by atoms with Gasteiger partial charge in [-0.2, -0.15) is 0 Å². The molecule has 1 atom stereocenters. The number of aromatic nitrogens is 2. The standard InChI is InChI=1S/C18H21N5O4/c1-27-15-7-3-2-6-13(15)14-9-16(20-11-19-14)22-17(24)21-12-5-4-8-23(10-12)18(25)26/h2-3,6-7,9,11-12H,4-5,8,10H2,1H3,(H,25,26)(H2,19,20,21,22,24). The maximum atomic E-state index is 12.3. The van der Waals surface area contributed by atoms with Gasteiger partial charge < -0.3 is 20.1 Å². The van der Waals surface area contributed by atoms with E-state index in [9.17, 15) is 9.59 Å². The fraction of sp³-hybridized carbons (Fsp3) is 0.333. The van der Waals surface area contributed by atoms with Crippen molar-refractivity contribution in [2.75, 3.05) is 25.5 Å². The van der Waals surface area contributed by atoms with Crippen LogP contribution in [-0.2, 0) is 0 Å². The van der Waals surface area contributed by atoms with Crippen molar-refractivity contribution in [3.8, 4) is 17.0 Å². The van der Waals surface area contributed by atoms with Crippen LogP contribution in [0.25, 0.3) is 11.3 Å². The molecule has 2 heterocycles. The van der Waals surface area contributed by atoms with Gasteiger partial charge in [0.2, 0.25) is 0 Å². The Labute approximate surface area is 156 Å². The number of nitrogens with zero attached hydrogens (tertiary/aromatic N) is 3. The molecule has 9 nitrogen and oxygen atoms in total.